The van der Waals surface area contributed by atoms with Crippen LogP contribution < -0.4 is 5.73 Å². The highest BCUT2D eigenvalue weighted by Crippen LogP contribution is 2.42. The van der Waals surface area contributed by atoms with Gasteiger partial charge >= 0.3 is 0 Å². The number of amides is 2. The molecule has 5 nitrogen and oxygen atoms in total. The standard InChI is InChI=1S/C19H33N3O2.ClH/c1-12(2)22-16(23)10-21(11-19(22,3)4)18(24)15-8-13-6-5-7-14(9-15)17(13)20;/h12-15,17H,5-11,20H2,1-4H3;1H. The van der Waals surface area contributed by atoms with Gasteiger partial charge in [-0.3, -0.25) is 9.59 Å². The fourth-order valence-corrected chi connectivity index (χ4v) is 5.57. The third-order valence-electron chi connectivity index (χ3n) is 6.42. The molecule has 3 rings (SSSR count). The molecule has 2 atom stereocenters. The van der Waals surface area contributed by atoms with Crippen LogP contribution >= 0.6 is 12.4 Å². The third kappa shape index (κ3) is 3.82. The maximum atomic E-state index is 13.1. The number of carbonyl (C=O) groups is 2. The van der Waals surface area contributed by atoms with E-state index >= 15 is 0 Å². The molecule has 0 aromatic carbocycles. The highest BCUT2D eigenvalue weighted by molar-refractivity contribution is 5.88. The van der Waals surface area contributed by atoms with Gasteiger partial charge in [-0.15, -0.1) is 12.4 Å². The van der Waals surface area contributed by atoms with Crippen LogP contribution in [0.25, 0.3) is 0 Å². The van der Waals surface area contributed by atoms with Crippen molar-refractivity contribution >= 4 is 24.2 Å². The molecule has 1 aliphatic heterocycles. The minimum atomic E-state index is -0.305. The van der Waals surface area contributed by atoms with Crippen molar-refractivity contribution < 1.29 is 9.59 Å². The third-order valence-corrected chi connectivity index (χ3v) is 6.42. The number of carbonyl (C=O) groups excluding carboxylic acids is 2. The topological polar surface area (TPSA) is 66.6 Å². The fraction of sp³-hybridized carbons (Fsp3) is 0.895. The van der Waals surface area contributed by atoms with Crippen molar-refractivity contribution in [1.29, 1.82) is 0 Å². The van der Waals surface area contributed by atoms with Gasteiger partial charge in [-0.2, -0.15) is 0 Å². The Kier molecular flexibility index (Phi) is 6.10. The molecular weight excluding hydrogens is 338 g/mol. The molecule has 0 aromatic heterocycles. The molecule has 2 bridgehead atoms. The normalized spacial score (nSPS) is 34.7. The van der Waals surface area contributed by atoms with Crippen LogP contribution in [-0.2, 0) is 9.59 Å². The number of fused-ring (bicyclic) bond motifs is 2. The van der Waals surface area contributed by atoms with Crippen molar-refractivity contribution in [3.8, 4) is 0 Å². The van der Waals surface area contributed by atoms with E-state index in [1.54, 1.807) is 0 Å². The van der Waals surface area contributed by atoms with Gasteiger partial charge in [0, 0.05) is 24.5 Å². The van der Waals surface area contributed by atoms with Crippen molar-refractivity contribution in [2.45, 2.75) is 77.4 Å². The van der Waals surface area contributed by atoms with Crippen molar-refractivity contribution in [2.24, 2.45) is 23.5 Å². The van der Waals surface area contributed by atoms with E-state index in [-0.39, 0.29) is 54.3 Å². The first-order chi connectivity index (χ1) is 11.2. The molecule has 0 radical (unpaired) electrons. The van der Waals surface area contributed by atoms with Crippen LogP contribution in [0.1, 0.15) is 59.8 Å². The fourth-order valence-electron chi connectivity index (χ4n) is 5.57. The summed E-state index contributed by atoms with van der Waals surface area (Å²) in [6.45, 7) is 9.08. The summed E-state index contributed by atoms with van der Waals surface area (Å²) in [6, 6.07) is 0.440. The van der Waals surface area contributed by atoms with E-state index in [0.29, 0.717) is 18.4 Å². The monoisotopic (exact) mass is 371 g/mol. The van der Waals surface area contributed by atoms with Gasteiger partial charge in [-0.1, -0.05) is 6.42 Å². The van der Waals surface area contributed by atoms with Crippen molar-refractivity contribution in [2.75, 3.05) is 13.1 Å². The van der Waals surface area contributed by atoms with Crippen LogP contribution in [0.3, 0.4) is 0 Å². The smallest absolute Gasteiger partial charge is 0.242 e. The number of hydrogen-bond acceptors (Lipinski definition) is 3. The van der Waals surface area contributed by atoms with Crippen LogP contribution in [0.5, 0.6) is 0 Å². The van der Waals surface area contributed by atoms with Gasteiger partial charge in [-0.25, -0.2) is 0 Å². The second-order valence-electron chi connectivity index (χ2n) is 9.06. The Balaban J connectivity index is 0.00000225. The maximum absolute atomic E-state index is 13.1. The molecule has 1 saturated heterocycles. The lowest BCUT2D eigenvalue weighted by Crippen LogP contribution is -2.65. The molecule has 144 valence electrons. The van der Waals surface area contributed by atoms with Crippen molar-refractivity contribution in [3.63, 3.8) is 0 Å². The molecule has 2 unspecified atom stereocenters. The summed E-state index contributed by atoms with van der Waals surface area (Å²) >= 11 is 0. The quantitative estimate of drug-likeness (QED) is 0.810. The number of nitrogens with two attached hydrogens (primary N) is 1. The Morgan fingerprint density at radius 3 is 2.24 bits per heavy atom. The van der Waals surface area contributed by atoms with Gasteiger partial charge in [-0.05, 0) is 65.2 Å². The Bertz CT molecular complexity index is 509. The summed E-state index contributed by atoms with van der Waals surface area (Å²) in [5.74, 6) is 1.31. The molecule has 3 aliphatic rings. The molecule has 0 aromatic rings. The van der Waals surface area contributed by atoms with Gasteiger partial charge in [0.2, 0.25) is 11.8 Å². The molecule has 2 N–H and O–H groups in total. The van der Waals surface area contributed by atoms with E-state index in [2.05, 4.69) is 13.8 Å². The predicted octanol–water partition coefficient (Wildman–Crippen LogP) is 2.42. The maximum Gasteiger partial charge on any atom is 0.242 e. The zero-order chi connectivity index (χ0) is 17.6. The summed E-state index contributed by atoms with van der Waals surface area (Å²) in [7, 11) is 0. The molecule has 2 aliphatic carbocycles. The zero-order valence-corrected chi connectivity index (χ0v) is 16.8. The van der Waals surface area contributed by atoms with Gasteiger partial charge < -0.3 is 15.5 Å². The number of hydrogen-bond donors (Lipinski definition) is 1. The van der Waals surface area contributed by atoms with E-state index < -0.39 is 0 Å². The van der Waals surface area contributed by atoms with Crippen LogP contribution in [0.4, 0.5) is 0 Å². The molecule has 1 heterocycles. The van der Waals surface area contributed by atoms with Gasteiger partial charge in [0.1, 0.15) is 0 Å². The van der Waals surface area contributed by atoms with E-state index in [9.17, 15) is 9.59 Å². The molecule has 25 heavy (non-hydrogen) atoms. The van der Waals surface area contributed by atoms with E-state index in [1.165, 1.54) is 6.42 Å². The lowest BCUT2D eigenvalue weighted by molar-refractivity contribution is -0.158. The summed E-state index contributed by atoms with van der Waals surface area (Å²) in [5.41, 5.74) is 6.05. The van der Waals surface area contributed by atoms with Crippen LogP contribution in [0, 0.1) is 17.8 Å². The lowest BCUT2D eigenvalue weighted by atomic mass is 9.65. The molecular formula is C19H34ClN3O2. The number of rotatable bonds is 2. The highest BCUT2D eigenvalue weighted by atomic mass is 35.5. The van der Waals surface area contributed by atoms with Gasteiger partial charge in [0.05, 0.1) is 12.1 Å². The van der Waals surface area contributed by atoms with Crippen LogP contribution in [0.15, 0.2) is 0 Å². The average Bonchev–Trinajstić information content (AvgIpc) is 2.43. The zero-order valence-electron chi connectivity index (χ0n) is 16.0. The van der Waals surface area contributed by atoms with E-state index in [0.717, 1.165) is 25.7 Å². The second kappa shape index (κ2) is 7.43. The lowest BCUT2D eigenvalue weighted by Gasteiger charge is -2.50. The average molecular weight is 372 g/mol. The summed E-state index contributed by atoms with van der Waals surface area (Å²) in [6.07, 6.45) is 5.40. The highest BCUT2D eigenvalue weighted by Gasteiger charge is 2.45. The molecule has 6 heteroatoms. The summed E-state index contributed by atoms with van der Waals surface area (Å²) in [4.78, 5) is 29.5. The number of nitrogens with zero attached hydrogens (tertiary/aromatic N) is 2. The summed E-state index contributed by atoms with van der Waals surface area (Å²) in [5, 5.41) is 0. The second-order valence-corrected chi connectivity index (χ2v) is 9.06. The predicted molar refractivity (Wildman–Crippen MR) is 101 cm³/mol. The molecule has 2 saturated carbocycles. The molecule has 3 fully saturated rings. The largest absolute Gasteiger partial charge is 0.332 e. The number of piperazine rings is 1. The van der Waals surface area contributed by atoms with Crippen LogP contribution in [0.2, 0.25) is 0 Å². The Hall–Kier alpha value is -0.810. The Labute approximate surface area is 158 Å². The van der Waals surface area contributed by atoms with Crippen LogP contribution in [-0.4, -0.2) is 52.3 Å². The van der Waals surface area contributed by atoms with Gasteiger partial charge in [0.25, 0.3) is 0 Å². The first-order valence-electron chi connectivity index (χ1n) is 9.57. The van der Waals surface area contributed by atoms with E-state index in [4.69, 9.17) is 5.73 Å². The van der Waals surface area contributed by atoms with E-state index in [1.807, 2.05) is 23.6 Å². The Morgan fingerprint density at radius 2 is 1.76 bits per heavy atom. The Morgan fingerprint density at radius 1 is 1.20 bits per heavy atom. The first-order valence-corrected chi connectivity index (χ1v) is 9.57. The summed E-state index contributed by atoms with van der Waals surface area (Å²) < 4.78 is 0. The minimum absolute atomic E-state index is 0. The van der Waals surface area contributed by atoms with Gasteiger partial charge in [0.15, 0.2) is 0 Å². The SMILES string of the molecule is CC(C)N1C(=O)CN(C(=O)C2CC3CCCC(C2)C3N)CC1(C)C.Cl. The molecule has 2 amide bonds. The molecule has 0 spiro atoms. The van der Waals surface area contributed by atoms with Crippen molar-refractivity contribution in [3.05, 3.63) is 0 Å². The first kappa shape index (κ1) is 20.5. The number of halogens is 1. The minimum Gasteiger partial charge on any atom is -0.332 e. The van der Waals surface area contributed by atoms with Crippen molar-refractivity contribution in [1.82, 2.24) is 9.80 Å².